The first-order valence-corrected chi connectivity index (χ1v) is 2.23. The lowest BCUT2D eigenvalue weighted by molar-refractivity contribution is 0.215. The van der Waals surface area contributed by atoms with Crippen LogP contribution in [0.1, 0.15) is 5.82 Å². The smallest absolute Gasteiger partial charge is 0.218 e. The van der Waals surface area contributed by atoms with Crippen LogP contribution in [-0.4, -0.2) is 33.9 Å². The molecule has 0 aliphatic carbocycles. The van der Waals surface area contributed by atoms with Crippen LogP contribution >= 0.6 is 0 Å². The molecule has 0 atom stereocenters. The summed E-state index contributed by atoms with van der Waals surface area (Å²) < 4.78 is 0. The Hall–Kier alpha value is -1.46. The van der Waals surface area contributed by atoms with E-state index in [4.69, 9.17) is 0 Å². The van der Waals surface area contributed by atoms with Crippen LogP contribution in [0.25, 0.3) is 0 Å². The third-order valence-electron chi connectivity index (χ3n) is 0.635. The number of aromatic amines is 1. The molecule has 6 nitrogen and oxygen atoms in total. The maximum atomic E-state index is 4.36. The van der Waals surface area contributed by atoms with Gasteiger partial charge in [0, 0.05) is 0 Å². The highest BCUT2D eigenvalue weighted by atomic mass is 16.6. The maximum absolute atomic E-state index is 4.36. The van der Waals surface area contributed by atoms with Crippen molar-refractivity contribution in [1.82, 2.24) is 20.6 Å². The molecule has 0 aliphatic rings. The Balaban J connectivity index is 2.57. The van der Waals surface area contributed by atoms with Gasteiger partial charge in [-0.1, -0.05) is 5.16 Å². The highest BCUT2D eigenvalue weighted by molar-refractivity contribution is 5.72. The molecule has 0 unspecified atom stereocenters. The van der Waals surface area contributed by atoms with Crippen molar-refractivity contribution >= 4 is 6.21 Å². The molecule has 0 aliphatic heterocycles. The van der Waals surface area contributed by atoms with Gasteiger partial charge >= 0.3 is 0 Å². The van der Waals surface area contributed by atoms with Gasteiger partial charge in [-0.15, -0.1) is 10.2 Å². The molecular weight excluding hydrogens is 122 g/mol. The van der Waals surface area contributed by atoms with Gasteiger partial charge in [-0.05, 0) is 5.21 Å². The van der Waals surface area contributed by atoms with Crippen LogP contribution in [0.2, 0.25) is 0 Å². The Morgan fingerprint density at radius 3 is 3.22 bits per heavy atom. The van der Waals surface area contributed by atoms with Crippen LogP contribution in [0.5, 0.6) is 0 Å². The molecule has 1 rings (SSSR count). The average Bonchev–Trinajstić information content (AvgIpc) is 2.34. The van der Waals surface area contributed by atoms with Gasteiger partial charge in [0.05, 0.1) is 0 Å². The zero-order valence-corrected chi connectivity index (χ0v) is 4.77. The molecule has 1 aromatic rings. The Bertz CT molecular complexity index is 180. The average molecular weight is 127 g/mol. The second-order valence-electron chi connectivity index (χ2n) is 1.19. The predicted octanol–water partition coefficient (Wildman–Crippen LogP) is -0.820. The number of oxime groups is 1. The molecule has 0 spiro atoms. The topological polar surface area (TPSA) is 76.1 Å². The van der Waals surface area contributed by atoms with E-state index in [1.54, 1.807) is 0 Å². The summed E-state index contributed by atoms with van der Waals surface area (Å²) in [6.07, 6.45) is 1.35. The summed E-state index contributed by atoms with van der Waals surface area (Å²) in [6, 6.07) is 0. The highest BCUT2D eigenvalue weighted by Gasteiger charge is 1.88. The fourth-order valence-electron chi connectivity index (χ4n) is 0.324. The summed E-state index contributed by atoms with van der Waals surface area (Å²) >= 11 is 0. The Kier molecular flexibility index (Phi) is 1.73. The first-order chi connectivity index (χ1) is 4.43. The van der Waals surface area contributed by atoms with Gasteiger partial charge in [-0.2, -0.15) is 5.21 Å². The molecule has 1 heterocycles. The molecule has 0 amide bonds. The largest absolute Gasteiger partial charge is 0.399 e. The van der Waals surface area contributed by atoms with Crippen molar-refractivity contribution in [3.63, 3.8) is 0 Å². The monoisotopic (exact) mass is 127 g/mol. The lowest BCUT2D eigenvalue weighted by Gasteiger charge is -1.78. The van der Waals surface area contributed by atoms with Crippen molar-refractivity contribution in [2.45, 2.75) is 0 Å². The van der Waals surface area contributed by atoms with E-state index in [0.29, 0.717) is 5.82 Å². The minimum atomic E-state index is 0.400. The summed E-state index contributed by atoms with van der Waals surface area (Å²) in [5.74, 6) is 0.400. The molecule has 0 aromatic carbocycles. The van der Waals surface area contributed by atoms with Gasteiger partial charge in [0.15, 0.2) is 0 Å². The van der Waals surface area contributed by atoms with Crippen LogP contribution < -0.4 is 0 Å². The van der Waals surface area contributed by atoms with Crippen molar-refractivity contribution in [2.24, 2.45) is 5.16 Å². The molecule has 0 radical (unpaired) electrons. The van der Waals surface area contributed by atoms with E-state index in [2.05, 4.69) is 30.6 Å². The summed E-state index contributed by atoms with van der Waals surface area (Å²) in [7, 11) is 1.44. The molecule has 1 N–H and O–H groups in total. The molecule has 6 heteroatoms. The fourth-order valence-corrected chi connectivity index (χ4v) is 0.324. The Morgan fingerprint density at radius 2 is 2.67 bits per heavy atom. The molecule has 0 fully saturated rings. The van der Waals surface area contributed by atoms with Crippen LogP contribution in [-0.2, 0) is 4.84 Å². The van der Waals surface area contributed by atoms with E-state index in [-0.39, 0.29) is 0 Å². The number of hydrogen-bond acceptors (Lipinski definition) is 5. The molecule has 0 bridgehead atoms. The van der Waals surface area contributed by atoms with Gasteiger partial charge in [0.1, 0.15) is 13.3 Å². The standard InChI is InChI=1S/C3H5N5O/c1-9-4-2-3-5-7-8-6-3/h2H,1H3,(H,5,6,7,8). The summed E-state index contributed by atoms with van der Waals surface area (Å²) in [5.41, 5.74) is 0. The van der Waals surface area contributed by atoms with Crippen LogP contribution in [0.3, 0.4) is 0 Å². The quantitative estimate of drug-likeness (QED) is 0.416. The number of nitrogens with one attached hydrogen (secondary N) is 1. The molecule has 0 saturated heterocycles. The third kappa shape index (κ3) is 1.48. The van der Waals surface area contributed by atoms with E-state index in [1.807, 2.05) is 0 Å². The zero-order valence-electron chi connectivity index (χ0n) is 4.77. The van der Waals surface area contributed by atoms with Gasteiger partial charge < -0.3 is 4.84 Å². The zero-order chi connectivity index (χ0) is 6.53. The van der Waals surface area contributed by atoms with E-state index in [0.717, 1.165) is 0 Å². The molecule has 0 saturated carbocycles. The number of hydrogen-bond donors (Lipinski definition) is 1. The van der Waals surface area contributed by atoms with Gasteiger partial charge in [-0.3, -0.25) is 0 Å². The first kappa shape index (κ1) is 5.67. The normalized spacial score (nSPS) is 10.3. The van der Waals surface area contributed by atoms with E-state index >= 15 is 0 Å². The van der Waals surface area contributed by atoms with Crippen LogP contribution in [0, 0.1) is 0 Å². The van der Waals surface area contributed by atoms with Crippen molar-refractivity contribution < 1.29 is 4.84 Å². The van der Waals surface area contributed by atoms with Crippen molar-refractivity contribution in [3.8, 4) is 0 Å². The Morgan fingerprint density at radius 1 is 1.78 bits per heavy atom. The first-order valence-electron chi connectivity index (χ1n) is 2.23. The second-order valence-corrected chi connectivity index (χ2v) is 1.19. The van der Waals surface area contributed by atoms with E-state index in [9.17, 15) is 0 Å². The summed E-state index contributed by atoms with van der Waals surface area (Å²) in [4.78, 5) is 4.36. The summed E-state index contributed by atoms with van der Waals surface area (Å²) in [5, 5.41) is 16.1. The second kappa shape index (κ2) is 2.75. The fraction of sp³-hybridized carbons (Fsp3) is 0.333. The third-order valence-corrected chi connectivity index (χ3v) is 0.635. The van der Waals surface area contributed by atoms with Gasteiger partial charge in [-0.25, -0.2) is 0 Å². The molecule has 1 aromatic heterocycles. The predicted molar refractivity (Wildman–Crippen MR) is 28.8 cm³/mol. The number of nitrogens with zero attached hydrogens (tertiary/aromatic N) is 4. The highest BCUT2D eigenvalue weighted by Crippen LogP contribution is 1.74. The SMILES string of the molecule is CON=Cc1nn[nH]n1. The van der Waals surface area contributed by atoms with Crippen molar-refractivity contribution in [2.75, 3.05) is 7.11 Å². The van der Waals surface area contributed by atoms with Crippen LogP contribution in [0.15, 0.2) is 5.16 Å². The lowest BCUT2D eigenvalue weighted by Crippen LogP contribution is -1.84. The van der Waals surface area contributed by atoms with Crippen molar-refractivity contribution in [3.05, 3.63) is 5.82 Å². The summed E-state index contributed by atoms with van der Waals surface area (Å²) in [6.45, 7) is 0. The number of H-pyrrole nitrogens is 1. The van der Waals surface area contributed by atoms with Gasteiger partial charge in [0.2, 0.25) is 5.82 Å². The minimum Gasteiger partial charge on any atom is -0.399 e. The minimum absolute atomic E-state index is 0.400. The Labute approximate surface area is 50.9 Å². The van der Waals surface area contributed by atoms with E-state index in [1.165, 1.54) is 13.3 Å². The molecule has 9 heavy (non-hydrogen) atoms. The van der Waals surface area contributed by atoms with E-state index < -0.39 is 0 Å². The number of tetrazole rings is 1. The van der Waals surface area contributed by atoms with Crippen molar-refractivity contribution in [1.29, 1.82) is 0 Å². The maximum Gasteiger partial charge on any atom is 0.218 e. The van der Waals surface area contributed by atoms with Gasteiger partial charge in [0.25, 0.3) is 0 Å². The number of rotatable bonds is 2. The number of aromatic nitrogens is 4. The molecule has 48 valence electrons. The molecular formula is C3H5N5O. The van der Waals surface area contributed by atoms with Crippen LogP contribution in [0.4, 0.5) is 0 Å². The lowest BCUT2D eigenvalue weighted by atomic mass is 10.7.